The van der Waals surface area contributed by atoms with Crippen molar-refractivity contribution in [1.29, 1.82) is 0 Å². The van der Waals surface area contributed by atoms with Crippen LogP contribution in [0.5, 0.6) is 11.5 Å². The van der Waals surface area contributed by atoms with E-state index in [4.69, 9.17) is 9.47 Å². The fourth-order valence-electron chi connectivity index (χ4n) is 4.68. The lowest BCUT2D eigenvalue weighted by molar-refractivity contribution is -0.122. The SMILES string of the molecule is CCOc1cc(/C=C2/C(=O)NC(=O)N(c3ccc(Br)c(C)c3)C2=O)cc(I)c1OCc1c(C)ccc2ccccc12. The number of barbiturate groups is 1. The van der Waals surface area contributed by atoms with E-state index in [9.17, 15) is 14.4 Å². The molecule has 1 fully saturated rings. The van der Waals surface area contributed by atoms with E-state index in [1.807, 2.05) is 32.0 Å². The predicted molar refractivity (Wildman–Crippen MR) is 171 cm³/mol. The second-order valence-electron chi connectivity index (χ2n) is 9.53. The Hall–Kier alpha value is -3.70. The van der Waals surface area contributed by atoms with E-state index in [2.05, 4.69) is 75.0 Å². The number of anilines is 1. The highest BCUT2D eigenvalue weighted by atomic mass is 127. The van der Waals surface area contributed by atoms with Crippen LogP contribution in [0.1, 0.15) is 29.2 Å². The lowest BCUT2D eigenvalue weighted by Gasteiger charge is -2.26. The van der Waals surface area contributed by atoms with Gasteiger partial charge in [0.2, 0.25) is 0 Å². The van der Waals surface area contributed by atoms with Gasteiger partial charge in [0.1, 0.15) is 12.2 Å². The van der Waals surface area contributed by atoms with Crippen LogP contribution in [0.15, 0.2) is 76.8 Å². The molecule has 0 atom stereocenters. The van der Waals surface area contributed by atoms with Gasteiger partial charge >= 0.3 is 6.03 Å². The first-order chi connectivity index (χ1) is 19.7. The maximum absolute atomic E-state index is 13.4. The van der Waals surface area contributed by atoms with Gasteiger partial charge in [-0.2, -0.15) is 0 Å². The smallest absolute Gasteiger partial charge is 0.335 e. The summed E-state index contributed by atoms with van der Waals surface area (Å²) in [7, 11) is 0. The number of hydrogen-bond donors (Lipinski definition) is 1. The molecule has 208 valence electrons. The van der Waals surface area contributed by atoms with E-state index < -0.39 is 17.8 Å². The van der Waals surface area contributed by atoms with Gasteiger partial charge in [0.25, 0.3) is 11.8 Å². The number of benzene rings is 4. The van der Waals surface area contributed by atoms with E-state index in [0.717, 1.165) is 40.4 Å². The van der Waals surface area contributed by atoms with Gasteiger partial charge in [-0.15, -0.1) is 0 Å². The van der Waals surface area contributed by atoms with Crippen molar-refractivity contribution in [3.05, 3.63) is 103 Å². The molecule has 1 aliphatic rings. The van der Waals surface area contributed by atoms with Crippen LogP contribution in [0.3, 0.4) is 0 Å². The number of carbonyl (C=O) groups excluding carboxylic acids is 3. The van der Waals surface area contributed by atoms with Crippen LogP contribution >= 0.6 is 38.5 Å². The van der Waals surface area contributed by atoms with Crippen LogP contribution < -0.4 is 19.7 Å². The topological polar surface area (TPSA) is 84.9 Å². The second-order valence-corrected chi connectivity index (χ2v) is 11.5. The van der Waals surface area contributed by atoms with Gasteiger partial charge in [0.15, 0.2) is 11.5 Å². The molecule has 0 spiro atoms. The summed E-state index contributed by atoms with van der Waals surface area (Å²) in [6, 6.07) is 20.2. The molecular weight excluding hydrogens is 699 g/mol. The maximum Gasteiger partial charge on any atom is 0.335 e. The number of urea groups is 1. The minimum atomic E-state index is -0.795. The molecule has 4 aromatic carbocycles. The normalized spacial score (nSPS) is 14.5. The monoisotopic (exact) mass is 724 g/mol. The minimum Gasteiger partial charge on any atom is -0.490 e. The van der Waals surface area contributed by atoms with Crippen LogP contribution in [-0.4, -0.2) is 24.5 Å². The molecule has 1 N–H and O–H groups in total. The van der Waals surface area contributed by atoms with Crippen LogP contribution in [0.2, 0.25) is 0 Å². The first-order valence-electron chi connectivity index (χ1n) is 12.9. The summed E-state index contributed by atoms with van der Waals surface area (Å²) in [5.41, 5.74) is 3.82. The van der Waals surface area contributed by atoms with E-state index in [0.29, 0.717) is 36.0 Å². The molecule has 0 unspecified atom stereocenters. The Morgan fingerprint density at radius 1 is 0.951 bits per heavy atom. The molecule has 1 saturated heterocycles. The van der Waals surface area contributed by atoms with Crippen molar-refractivity contribution < 1.29 is 23.9 Å². The third kappa shape index (κ3) is 5.87. The Labute approximate surface area is 259 Å². The van der Waals surface area contributed by atoms with Crippen LogP contribution in [0.4, 0.5) is 10.5 Å². The molecule has 4 amide bonds. The zero-order valence-electron chi connectivity index (χ0n) is 22.6. The Bertz CT molecular complexity index is 1750. The van der Waals surface area contributed by atoms with Crippen LogP contribution in [-0.2, 0) is 16.2 Å². The quantitative estimate of drug-likeness (QED) is 0.122. The Morgan fingerprint density at radius 3 is 2.49 bits per heavy atom. The molecule has 1 heterocycles. The first kappa shape index (κ1) is 28.8. The van der Waals surface area contributed by atoms with Gasteiger partial charge in [-0.25, -0.2) is 9.69 Å². The standard InChI is InChI=1S/C32H26BrIN2O5/c1-4-40-28-16-20(14-24-30(37)35-32(39)36(31(24)38)22-11-12-26(33)19(3)13-22)15-27(34)29(28)41-17-25-18(2)9-10-21-7-5-6-8-23(21)25/h5-16H,4,17H2,1-3H3,(H,35,37,39)/b24-14-. The van der Waals surface area contributed by atoms with Gasteiger partial charge in [0, 0.05) is 10.0 Å². The molecule has 4 aromatic rings. The molecule has 5 rings (SSSR count). The average Bonchev–Trinajstić information content (AvgIpc) is 2.93. The van der Waals surface area contributed by atoms with Crippen molar-refractivity contribution in [1.82, 2.24) is 5.32 Å². The average molecular weight is 725 g/mol. The number of ether oxygens (including phenoxy) is 2. The summed E-state index contributed by atoms with van der Waals surface area (Å²) < 4.78 is 13.9. The molecule has 0 aliphatic carbocycles. The molecule has 0 radical (unpaired) electrons. The number of imide groups is 2. The summed E-state index contributed by atoms with van der Waals surface area (Å²) in [5, 5.41) is 4.54. The number of aryl methyl sites for hydroxylation is 2. The predicted octanol–water partition coefficient (Wildman–Crippen LogP) is 7.47. The number of nitrogens with one attached hydrogen (secondary N) is 1. The third-order valence-corrected chi connectivity index (χ3v) is 8.47. The first-order valence-corrected chi connectivity index (χ1v) is 14.8. The summed E-state index contributed by atoms with van der Waals surface area (Å²) in [4.78, 5) is 39.8. The van der Waals surface area contributed by atoms with Gasteiger partial charge in [0.05, 0.1) is 15.9 Å². The van der Waals surface area contributed by atoms with Gasteiger partial charge in [-0.3, -0.25) is 14.9 Å². The largest absolute Gasteiger partial charge is 0.490 e. The molecule has 41 heavy (non-hydrogen) atoms. The molecule has 1 aliphatic heterocycles. The van der Waals surface area contributed by atoms with Crippen molar-refractivity contribution in [2.24, 2.45) is 0 Å². The fourth-order valence-corrected chi connectivity index (χ4v) is 5.71. The van der Waals surface area contributed by atoms with Crippen LogP contribution in [0, 0.1) is 17.4 Å². The molecule has 0 aromatic heterocycles. The van der Waals surface area contributed by atoms with Gasteiger partial charge in [-0.05, 0) is 107 Å². The van der Waals surface area contributed by atoms with E-state index in [1.54, 1.807) is 24.3 Å². The number of rotatable bonds is 7. The van der Waals surface area contributed by atoms with Crippen molar-refractivity contribution in [2.45, 2.75) is 27.4 Å². The number of nitrogens with zero attached hydrogens (tertiary/aromatic N) is 1. The summed E-state index contributed by atoms with van der Waals surface area (Å²) in [6.45, 7) is 6.52. The molecular formula is C32H26BrIN2O5. The zero-order chi connectivity index (χ0) is 29.3. The fraction of sp³-hybridized carbons (Fsp3) is 0.156. The van der Waals surface area contributed by atoms with Gasteiger partial charge < -0.3 is 9.47 Å². The van der Waals surface area contributed by atoms with Crippen LogP contribution in [0.25, 0.3) is 16.8 Å². The molecule has 9 heteroatoms. The molecule has 0 saturated carbocycles. The number of carbonyl (C=O) groups is 3. The lowest BCUT2D eigenvalue weighted by Crippen LogP contribution is -2.54. The summed E-state index contributed by atoms with van der Waals surface area (Å²) >= 11 is 5.59. The Kier molecular flexibility index (Phi) is 8.46. The highest BCUT2D eigenvalue weighted by Crippen LogP contribution is 2.37. The highest BCUT2D eigenvalue weighted by molar-refractivity contribution is 14.1. The Morgan fingerprint density at radius 2 is 1.73 bits per heavy atom. The van der Waals surface area contributed by atoms with Crippen molar-refractivity contribution in [2.75, 3.05) is 11.5 Å². The van der Waals surface area contributed by atoms with Gasteiger partial charge in [-0.1, -0.05) is 52.3 Å². The van der Waals surface area contributed by atoms with E-state index >= 15 is 0 Å². The van der Waals surface area contributed by atoms with E-state index in [1.165, 1.54) is 6.08 Å². The second kappa shape index (κ2) is 12.0. The number of hydrogen-bond acceptors (Lipinski definition) is 5. The highest BCUT2D eigenvalue weighted by Gasteiger charge is 2.37. The molecule has 7 nitrogen and oxygen atoms in total. The van der Waals surface area contributed by atoms with Crippen molar-refractivity contribution >= 4 is 78.9 Å². The Balaban J connectivity index is 1.48. The summed E-state index contributed by atoms with van der Waals surface area (Å²) in [6.07, 6.45) is 1.46. The lowest BCUT2D eigenvalue weighted by atomic mass is 10.0. The van der Waals surface area contributed by atoms with E-state index in [-0.39, 0.29) is 5.57 Å². The summed E-state index contributed by atoms with van der Waals surface area (Å²) in [5.74, 6) is -0.405. The minimum absolute atomic E-state index is 0.163. The van der Waals surface area contributed by atoms with Crippen molar-refractivity contribution in [3.8, 4) is 11.5 Å². The zero-order valence-corrected chi connectivity index (χ0v) is 26.3. The molecule has 0 bridgehead atoms. The number of halogens is 2. The van der Waals surface area contributed by atoms with Crippen molar-refractivity contribution in [3.63, 3.8) is 0 Å². The maximum atomic E-state index is 13.4. The number of amides is 4. The number of fused-ring (bicyclic) bond motifs is 1. The third-order valence-electron chi connectivity index (χ3n) is 6.78.